The van der Waals surface area contributed by atoms with Crippen molar-refractivity contribution >= 4 is 32.3 Å². The normalized spacial score (nSPS) is 12.7. The lowest BCUT2D eigenvalue weighted by Crippen LogP contribution is -2.32. The highest BCUT2D eigenvalue weighted by molar-refractivity contribution is 9.21. The predicted octanol–water partition coefficient (Wildman–Crippen LogP) is 1.98. The lowest BCUT2D eigenvalue weighted by molar-refractivity contribution is -0.127. The molecule has 0 aliphatic rings. The van der Waals surface area contributed by atoms with Gasteiger partial charge in [0.25, 0.3) is 0 Å². The molecular formula is C2H3Br2F3N2. The summed E-state index contributed by atoms with van der Waals surface area (Å²) in [4.78, 5) is 0. The van der Waals surface area contributed by atoms with Crippen molar-refractivity contribution in [3.63, 3.8) is 0 Å². The molecule has 7 heteroatoms. The molecule has 0 fully saturated rings. The number of nitrogens with one attached hydrogen (secondary N) is 1. The van der Waals surface area contributed by atoms with E-state index >= 15 is 0 Å². The summed E-state index contributed by atoms with van der Waals surface area (Å²) in [6, 6.07) is 0. The van der Waals surface area contributed by atoms with Gasteiger partial charge in [-0.2, -0.15) is 13.2 Å². The third-order valence-corrected chi connectivity index (χ3v) is 0.901. The zero-order valence-corrected chi connectivity index (χ0v) is 7.22. The average molecular weight is 272 g/mol. The number of hydrogen-bond donors (Lipinski definition) is 1. The van der Waals surface area contributed by atoms with Gasteiger partial charge in [0.05, 0.1) is 0 Å². The highest BCUT2D eigenvalue weighted by Gasteiger charge is 2.26. The largest absolute Gasteiger partial charge is 0.402 e. The van der Waals surface area contributed by atoms with Gasteiger partial charge in [0.15, 0.2) is 0 Å². The Bertz CT molecular complexity index is 82.4. The number of hydrazine groups is 1. The molecule has 0 heterocycles. The number of nitrogens with zero attached hydrogens (tertiary/aromatic N) is 1. The maximum absolute atomic E-state index is 11.3. The van der Waals surface area contributed by atoms with E-state index in [9.17, 15) is 13.2 Å². The zero-order valence-electron chi connectivity index (χ0n) is 4.04. The molecule has 0 saturated carbocycles. The highest BCUT2D eigenvalue weighted by Crippen LogP contribution is 2.13. The topological polar surface area (TPSA) is 15.3 Å². The summed E-state index contributed by atoms with van der Waals surface area (Å²) < 4.78 is 34.7. The Kier molecular flexibility index (Phi) is 4.02. The smallest absolute Gasteiger partial charge is 0.226 e. The van der Waals surface area contributed by atoms with Gasteiger partial charge in [-0.1, -0.05) is 0 Å². The third kappa shape index (κ3) is 8.67. The van der Waals surface area contributed by atoms with Crippen molar-refractivity contribution in [2.75, 3.05) is 6.54 Å². The van der Waals surface area contributed by atoms with Crippen LogP contribution in [0.2, 0.25) is 0 Å². The molecule has 0 aliphatic heterocycles. The second-order valence-electron chi connectivity index (χ2n) is 1.18. The molecule has 2 nitrogen and oxygen atoms in total. The molecule has 0 rings (SSSR count). The number of alkyl halides is 3. The van der Waals surface area contributed by atoms with Crippen LogP contribution in [0.25, 0.3) is 0 Å². The van der Waals surface area contributed by atoms with E-state index in [1.54, 1.807) is 0 Å². The van der Waals surface area contributed by atoms with Crippen LogP contribution in [0.1, 0.15) is 0 Å². The van der Waals surface area contributed by atoms with Crippen molar-refractivity contribution in [1.29, 1.82) is 0 Å². The van der Waals surface area contributed by atoms with Crippen LogP contribution in [0.5, 0.6) is 0 Å². The van der Waals surface area contributed by atoms with Gasteiger partial charge >= 0.3 is 6.18 Å². The summed E-state index contributed by atoms with van der Waals surface area (Å²) in [5.41, 5.74) is 1.93. The van der Waals surface area contributed by atoms with Crippen LogP contribution in [0.4, 0.5) is 13.2 Å². The Morgan fingerprint density at radius 2 is 1.78 bits per heavy atom. The first-order valence-corrected chi connectivity index (χ1v) is 3.25. The van der Waals surface area contributed by atoms with Crippen LogP contribution in [-0.2, 0) is 0 Å². The van der Waals surface area contributed by atoms with Crippen LogP contribution < -0.4 is 5.43 Å². The molecule has 0 aromatic rings. The predicted molar refractivity (Wildman–Crippen MR) is 33.8 cm³/mol. The number of hydrogen-bond acceptors (Lipinski definition) is 2. The molecule has 1 N–H and O–H groups in total. The van der Waals surface area contributed by atoms with E-state index in [1.807, 2.05) is 5.43 Å². The Morgan fingerprint density at radius 1 is 1.33 bits per heavy atom. The van der Waals surface area contributed by atoms with E-state index < -0.39 is 12.7 Å². The van der Waals surface area contributed by atoms with Gasteiger partial charge < -0.3 is 0 Å². The minimum Gasteiger partial charge on any atom is -0.226 e. The molecule has 0 aromatic carbocycles. The number of rotatable bonds is 2. The minimum absolute atomic E-state index is 0.882. The van der Waals surface area contributed by atoms with E-state index in [0.29, 0.717) is 0 Å². The fourth-order valence-corrected chi connectivity index (χ4v) is 0.400. The summed E-state index contributed by atoms with van der Waals surface area (Å²) in [6.07, 6.45) is -4.18. The maximum Gasteiger partial charge on any atom is 0.402 e. The lowest BCUT2D eigenvalue weighted by atomic mass is 10.7. The zero-order chi connectivity index (χ0) is 7.49. The minimum atomic E-state index is -4.18. The fraction of sp³-hybridized carbons (Fsp3) is 1.00. The monoisotopic (exact) mass is 270 g/mol. The van der Waals surface area contributed by atoms with Crippen molar-refractivity contribution in [2.45, 2.75) is 6.18 Å². The molecule has 0 aromatic heterocycles. The molecule has 0 spiro atoms. The van der Waals surface area contributed by atoms with Gasteiger partial charge in [-0.15, -0.1) is 3.06 Å². The maximum atomic E-state index is 11.3. The molecule has 0 amide bonds. The van der Waals surface area contributed by atoms with Crippen LogP contribution in [0.15, 0.2) is 0 Å². The molecule has 0 aliphatic carbocycles. The van der Waals surface area contributed by atoms with Crippen molar-refractivity contribution in [2.24, 2.45) is 0 Å². The van der Waals surface area contributed by atoms with Gasteiger partial charge in [0.2, 0.25) is 0 Å². The van der Waals surface area contributed by atoms with Crippen LogP contribution in [0, 0.1) is 0 Å². The molecule has 0 atom stereocenters. The average Bonchev–Trinajstić information content (AvgIpc) is 1.59. The molecule has 0 bridgehead atoms. The summed E-state index contributed by atoms with van der Waals surface area (Å²) in [5.74, 6) is 0. The summed E-state index contributed by atoms with van der Waals surface area (Å²) in [7, 11) is 0. The SMILES string of the molecule is FC(F)(F)CNN(Br)Br. The van der Waals surface area contributed by atoms with Crippen LogP contribution in [-0.4, -0.2) is 15.8 Å². The van der Waals surface area contributed by atoms with Gasteiger partial charge in [0, 0.05) is 32.3 Å². The van der Waals surface area contributed by atoms with E-state index in [1.165, 1.54) is 0 Å². The van der Waals surface area contributed by atoms with Crippen molar-refractivity contribution in [1.82, 2.24) is 8.49 Å². The third-order valence-electron chi connectivity index (χ3n) is 0.399. The molecule has 56 valence electrons. The van der Waals surface area contributed by atoms with Gasteiger partial charge in [-0.3, -0.25) is 0 Å². The Labute approximate surface area is 67.0 Å². The van der Waals surface area contributed by atoms with Gasteiger partial charge in [-0.25, -0.2) is 5.43 Å². The van der Waals surface area contributed by atoms with Crippen molar-refractivity contribution in [3.8, 4) is 0 Å². The van der Waals surface area contributed by atoms with E-state index in [0.717, 1.165) is 3.06 Å². The molecule has 0 radical (unpaired) electrons. The van der Waals surface area contributed by atoms with Gasteiger partial charge in [0.1, 0.15) is 6.54 Å². The Balaban J connectivity index is 3.28. The Hall–Kier alpha value is 0.670. The summed E-state index contributed by atoms with van der Waals surface area (Å²) in [5, 5.41) is 0. The summed E-state index contributed by atoms with van der Waals surface area (Å²) >= 11 is 5.33. The first kappa shape index (κ1) is 9.67. The van der Waals surface area contributed by atoms with Crippen molar-refractivity contribution in [3.05, 3.63) is 0 Å². The quantitative estimate of drug-likeness (QED) is 0.610. The second kappa shape index (κ2) is 3.75. The van der Waals surface area contributed by atoms with Crippen LogP contribution >= 0.6 is 32.3 Å². The van der Waals surface area contributed by atoms with E-state index in [4.69, 9.17) is 0 Å². The fourth-order valence-electron chi connectivity index (χ4n) is 0.149. The standard InChI is InChI=1S/C2H3Br2F3N2/c3-9(4)8-1-2(5,6)7/h8H,1H2. The first-order chi connectivity index (χ1) is 3.92. The highest BCUT2D eigenvalue weighted by atomic mass is 79.9. The number of halogens is 5. The lowest BCUT2D eigenvalue weighted by Gasteiger charge is -2.09. The second-order valence-corrected chi connectivity index (χ2v) is 3.55. The van der Waals surface area contributed by atoms with E-state index in [2.05, 4.69) is 32.3 Å². The van der Waals surface area contributed by atoms with E-state index in [-0.39, 0.29) is 0 Å². The van der Waals surface area contributed by atoms with Crippen LogP contribution in [0.3, 0.4) is 0 Å². The summed E-state index contributed by atoms with van der Waals surface area (Å²) in [6.45, 7) is -1.07. The molecule has 0 unspecified atom stereocenters. The Morgan fingerprint density at radius 3 is 1.89 bits per heavy atom. The molecule has 9 heavy (non-hydrogen) atoms. The van der Waals surface area contributed by atoms with Gasteiger partial charge in [-0.05, 0) is 0 Å². The first-order valence-electron chi connectivity index (χ1n) is 1.84. The molecule has 0 saturated heterocycles. The molecular weight excluding hydrogens is 269 g/mol. The van der Waals surface area contributed by atoms with Crippen molar-refractivity contribution < 1.29 is 13.2 Å².